The normalized spacial score (nSPS) is 10.6. The van der Waals surface area contributed by atoms with Crippen molar-refractivity contribution in [3.05, 3.63) is 12.2 Å². The van der Waals surface area contributed by atoms with Crippen LogP contribution in [-0.2, 0) is 4.79 Å². The van der Waals surface area contributed by atoms with Gasteiger partial charge < -0.3 is 10.6 Å². The van der Waals surface area contributed by atoms with Crippen molar-refractivity contribution in [2.45, 2.75) is 39.5 Å². The fourth-order valence-corrected chi connectivity index (χ4v) is 1.61. The molecule has 0 fully saturated rings. The maximum Gasteiger partial charge on any atom is 0.244 e. The van der Waals surface area contributed by atoms with E-state index < -0.39 is 0 Å². The van der Waals surface area contributed by atoms with E-state index in [4.69, 9.17) is 5.73 Å². The van der Waals surface area contributed by atoms with Crippen LogP contribution in [0, 0.1) is 0 Å². The molecule has 0 saturated carbocycles. The quantitative estimate of drug-likeness (QED) is 0.594. The van der Waals surface area contributed by atoms with Crippen molar-refractivity contribution in [2.24, 2.45) is 5.73 Å². The Morgan fingerprint density at radius 2 is 1.73 bits per heavy atom. The molecule has 0 bridgehead atoms. The van der Waals surface area contributed by atoms with Crippen LogP contribution in [0.3, 0.4) is 0 Å². The second kappa shape index (κ2) is 8.48. The van der Waals surface area contributed by atoms with Crippen LogP contribution in [0.1, 0.15) is 39.5 Å². The maximum absolute atomic E-state index is 10.7. The third-order valence-electron chi connectivity index (χ3n) is 2.38. The largest absolute Gasteiger partial charge is 0.366 e. The summed E-state index contributed by atoms with van der Waals surface area (Å²) < 4.78 is 0. The Bertz CT molecular complexity index is 196. The van der Waals surface area contributed by atoms with E-state index in [1.54, 1.807) is 0 Å². The molecule has 3 heteroatoms. The molecule has 0 aromatic carbocycles. The van der Waals surface area contributed by atoms with E-state index in [0.717, 1.165) is 32.5 Å². The molecule has 0 atom stereocenters. The lowest BCUT2D eigenvalue weighted by Crippen LogP contribution is -2.27. The molecule has 0 aromatic rings. The van der Waals surface area contributed by atoms with Crippen LogP contribution < -0.4 is 5.73 Å². The number of hydrogen-bond donors (Lipinski definition) is 1. The van der Waals surface area contributed by atoms with Gasteiger partial charge in [0.25, 0.3) is 0 Å². The molecule has 0 heterocycles. The summed E-state index contributed by atoms with van der Waals surface area (Å²) in [6.45, 7) is 11.3. The minimum absolute atomic E-state index is 0.368. The summed E-state index contributed by atoms with van der Waals surface area (Å²) in [5, 5.41) is 0. The van der Waals surface area contributed by atoms with E-state index >= 15 is 0 Å². The lowest BCUT2D eigenvalue weighted by atomic mass is 10.1. The predicted molar refractivity (Wildman–Crippen MR) is 64.6 cm³/mol. The lowest BCUT2D eigenvalue weighted by molar-refractivity contribution is -0.114. The molecule has 2 N–H and O–H groups in total. The molecule has 0 aliphatic carbocycles. The summed E-state index contributed by atoms with van der Waals surface area (Å²) in [6.07, 6.45) is 4.05. The van der Waals surface area contributed by atoms with Crippen molar-refractivity contribution in [3.8, 4) is 0 Å². The van der Waals surface area contributed by atoms with Gasteiger partial charge in [-0.3, -0.25) is 4.79 Å². The summed E-state index contributed by atoms with van der Waals surface area (Å²) in [5.74, 6) is -0.368. The summed E-state index contributed by atoms with van der Waals surface area (Å²) in [6, 6.07) is 0. The number of carbonyl (C=O) groups is 1. The molecule has 0 radical (unpaired) electrons. The van der Waals surface area contributed by atoms with Crippen LogP contribution in [0.5, 0.6) is 0 Å². The Morgan fingerprint density at radius 1 is 1.20 bits per heavy atom. The van der Waals surface area contributed by atoms with E-state index in [0.29, 0.717) is 5.57 Å². The SMILES string of the molecule is C=C(CCCN(CCC)CCC)C(N)=O. The number of nitrogens with zero attached hydrogens (tertiary/aromatic N) is 1. The molecule has 1 amide bonds. The molecule has 0 aromatic heterocycles. The van der Waals surface area contributed by atoms with E-state index in [1.165, 1.54) is 12.8 Å². The summed E-state index contributed by atoms with van der Waals surface area (Å²) in [7, 11) is 0. The number of rotatable bonds is 9. The first-order chi connectivity index (χ1) is 7.11. The molecular formula is C12H24N2O. The van der Waals surface area contributed by atoms with E-state index in [2.05, 4.69) is 25.3 Å². The zero-order valence-corrected chi connectivity index (χ0v) is 10.1. The molecule has 0 spiro atoms. The highest BCUT2D eigenvalue weighted by Gasteiger charge is 2.04. The first kappa shape index (κ1) is 14.2. The van der Waals surface area contributed by atoms with Gasteiger partial charge in [-0.05, 0) is 45.3 Å². The van der Waals surface area contributed by atoms with Gasteiger partial charge in [0, 0.05) is 5.57 Å². The summed E-state index contributed by atoms with van der Waals surface area (Å²) >= 11 is 0. The third kappa shape index (κ3) is 7.14. The molecule has 0 unspecified atom stereocenters. The van der Waals surface area contributed by atoms with Crippen LogP contribution in [0.4, 0.5) is 0 Å². The number of carbonyl (C=O) groups excluding carboxylic acids is 1. The number of hydrogen-bond acceptors (Lipinski definition) is 2. The Labute approximate surface area is 93.3 Å². The van der Waals surface area contributed by atoms with Gasteiger partial charge in [0.1, 0.15) is 0 Å². The second-order valence-corrected chi connectivity index (χ2v) is 3.91. The number of amides is 1. The zero-order valence-electron chi connectivity index (χ0n) is 10.1. The van der Waals surface area contributed by atoms with Gasteiger partial charge in [-0.2, -0.15) is 0 Å². The standard InChI is InChI=1S/C12H24N2O/c1-4-8-14(9-5-2)10-6-7-11(3)12(13)15/h3-10H2,1-2H3,(H2,13,15). The Balaban J connectivity index is 3.69. The highest BCUT2D eigenvalue weighted by atomic mass is 16.1. The highest BCUT2D eigenvalue weighted by Crippen LogP contribution is 2.04. The molecule has 0 aliphatic heterocycles. The van der Waals surface area contributed by atoms with Crippen LogP contribution in [-0.4, -0.2) is 30.4 Å². The van der Waals surface area contributed by atoms with Crippen molar-refractivity contribution in [2.75, 3.05) is 19.6 Å². The monoisotopic (exact) mass is 212 g/mol. The minimum Gasteiger partial charge on any atom is -0.366 e. The average Bonchev–Trinajstić information content (AvgIpc) is 2.18. The van der Waals surface area contributed by atoms with E-state index in [1.807, 2.05) is 0 Å². The van der Waals surface area contributed by atoms with Gasteiger partial charge >= 0.3 is 0 Å². The molecule has 3 nitrogen and oxygen atoms in total. The van der Waals surface area contributed by atoms with Crippen molar-refractivity contribution in [1.82, 2.24) is 4.90 Å². The zero-order chi connectivity index (χ0) is 11.7. The van der Waals surface area contributed by atoms with E-state index in [9.17, 15) is 4.79 Å². The van der Waals surface area contributed by atoms with Crippen molar-refractivity contribution in [3.63, 3.8) is 0 Å². The summed E-state index contributed by atoms with van der Waals surface area (Å²) in [5.41, 5.74) is 5.66. The predicted octanol–water partition coefficient (Wildman–Crippen LogP) is 1.93. The number of primary amides is 1. The van der Waals surface area contributed by atoms with E-state index in [-0.39, 0.29) is 5.91 Å². The molecule has 0 rings (SSSR count). The van der Waals surface area contributed by atoms with Crippen LogP contribution in [0.2, 0.25) is 0 Å². The second-order valence-electron chi connectivity index (χ2n) is 3.91. The van der Waals surface area contributed by atoms with Crippen LogP contribution in [0.25, 0.3) is 0 Å². The molecular weight excluding hydrogens is 188 g/mol. The van der Waals surface area contributed by atoms with Gasteiger partial charge in [-0.15, -0.1) is 0 Å². The molecule has 0 saturated heterocycles. The van der Waals surface area contributed by atoms with Crippen molar-refractivity contribution < 1.29 is 4.79 Å². The van der Waals surface area contributed by atoms with Gasteiger partial charge in [-0.25, -0.2) is 0 Å². The topological polar surface area (TPSA) is 46.3 Å². The van der Waals surface area contributed by atoms with Crippen molar-refractivity contribution in [1.29, 1.82) is 0 Å². The van der Waals surface area contributed by atoms with Gasteiger partial charge in [0.15, 0.2) is 0 Å². The Kier molecular flexibility index (Phi) is 8.01. The van der Waals surface area contributed by atoms with Crippen LogP contribution >= 0.6 is 0 Å². The Hall–Kier alpha value is -0.830. The highest BCUT2D eigenvalue weighted by molar-refractivity contribution is 5.91. The van der Waals surface area contributed by atoms with Gasteiger partial charge in [0.2, 0.25) is 5.91 Å². The number of nitrogens with two attached hydrogens (primary N) is 1. The molecule has 15 heavy (non-hydrogen) atoms. The first-order valence-electron chi connectivity index (χ1n) is 5.81. The summed E-state index contributed by atoms with van der Waals surface area (Å²) in [4.78, 5) is 13.2. The lowest BCUT2D eigenvalue weighted by Gasteiger charge is -2.20. The van der Waals surface area contributed by atoms with Gasteiger partial charge in [-0.1, -0.05) is 20.4 Å². The Morgan fingerprint density at radius 3 is 2.13 bits per heavy atom. The average molecular weight is 212 g/mol. The van der Waals surface area contributed by atoms with Crippen molar-refractivity contribution >= 4 is 5.91 Å². The third-order valence-corrected chi connectivity index (χ3v) is 2.38. The minimum atomic E-state index is -0.368. The smallest absolute Gasteiger partial charge is 0.244 e. The fourth-order valence-electron chi connectivity index (χ4n) is 1.61. The molecule has 88 valence electrons. The van der Waals surface area contributed by atoms with Crippen LogP contribution in [0.15, 0.2) is 12.2 Å². The van der Waals surface area contributed by atoms with Gasteiger partial charge in [0.05, 0.1) is 0 Å². The molecule has 0 aliphatic rings. The maximum atomic E-state index is 10.7. The fraction of sp³-hybridized carbons (Fsp3) is 0.750. The first-order valence-corrected chi connectivity index (χ1v) is 5.81.